The average molecular weight is 369 g/mol. The molecule has 25 heavy (non-hydrogen) atoms. The van der Waals surface area contributed by atoms with Gasteiger partial charge in [0.1, 0.15) is 5.25 Å². The number of nitrogens with two attached hydrogens (primary N) is 1. The maximum Gasteiger partial charge on any atom is 0.242 e. The summed E-state index contributed by atoms with van der Waals surface area (Å²) < 4.78 is 0. The van der Waals surface area contributed by atoms with Crippen molar-refractivity contribution in [2.24, 2.45) is 0 Å². The Balaban J connectivity index is 1.87. The van der Waals surface area contributed by atoms with Gasteiger partial charge in [0, 0.05) is 10.6 Å². The molecule has 0 saturated carbocycles. The molecule has 0 saturated heterocycles. The smallest absolute Gasteiger partial charge is 0.242 e. The van der Waals surface area contributed by atoms with Gasteiger partial charge in [0.05, 0.1) is 10.7 Å². The summed E-state index contributed by atoms with van der Waals surface area (Å²) in [4.78, 5) is 13.9. The van der Waals surface area contributed by atoms with Gasteiger partial charge in [-0.2, -0.15) is 0 Å². The molecule has 0 aliphatic carbocycles. The van der Waals surface area contributed by atoms with E-state index in [1.807, 2.05) is 66.7 Å². The zero-order valence-electron chi connectivity index (χ0n) is 13.4. The summed E-state index contributed by atoms with van der Waals surface area (Å²) in [7, 11) is 0. The highest BCUT2D eigenvalue weighted by Crippen LogP contribution is 2.37. The van der Waals surface area contributed by atoms with Crippen LogP contribution in [0.15, 0.2) is 83.8 Å². The molecule has 3 aromatic rings. The number of nitrogens with one attached hydrogen (secondary N) is 1. The van der Waals surface area contributed by atoms with Crippen molar-refractivity contribution in [2.75, 3.05) is 11.1 Å². The van der Waals surface area contributed by atoms with Crippen LogP contribution in [0.3, 0.4) is 0 Å². The van der Waals surface area contributed by atoms with Gasteiger partial charge in [0.15, 0.2) is 0 Å². The fraction of sp³-hybridized carbons (Fsp3) is 0.0500. The first kappa shape index (κ1) is 17.4. The third-order valence-corrected chi connectivity index (χ3v) is 5.20. The molecule has 5 heteroatoms. The highest BCUT2D eigenvalue weighted by molar-refractivity contribution is 8.00. The van der Waals surface area contributed by atoms with Gasteiger partial charge < -0.3 is 11.1 Å². The van der Waals surface area contributed by atoms with E-state index in [1.54, 1.807) is 12.1 Å². The van der Waals surface area contributed by atoms with Crippen molar-refractivity contribution in [2.45, 2.75) is 10.1 Å². The Hall–Kier alpha value is -2.43. The SMILES string of the molecule is Nc1ccc(SC(C(=O)Nc2ccccc2Cl)c2ccccc2)cc1. The largest absolute Gasteiger partial charge is 0.399 e. The molecule has 1 amide bonds. The number of carbonyl (C=O) groups excluding carboxylic acids is 1. The second-order valence-electron chi connectivity index (χ2n) is 5.45. The van der Waals surface area contributed by atoms with Crippen molar-refractivity contribution < 1.29 is 4.79 Å². The molecule has 0 spiro atoms. The summed E-state index contributed by atoms with van der Waals surface area (Å²) in [5.41, 5.74) is 7.97. The number of hydrogen-bond acceptors (Lipinski definition) is 3. The Morgan fingerprint density at radius 2 is 1.56 bits per heavy atom. The van der Waals surface area contributed by atoms with Crippen molar-refractivity contribution >= 4 is 40.6 Å². The number of nitrogen functional groups attached to an aromatic ring is 1. The van der Waals surface area contributed by atoms with Crippen LogP contribution in [0.1, 0.15) is 10.8 Å². The monoisotopic (exact) mass is 368 g/mol. The van der Waals surface area contributed by atoms with Crippen molar-refractivity contribution in [3.8, 4) is 0 Å². The third kappa shape index (κ3) is 4.56. The molecule has 0 radical (unpaired) electrons. The van der Waals surface area contributed by atoms with E-state index < -0.39 is 5.25 Å². The summed E-state index contributed by atoms with van der Waals surface area (Å²) in [6.07, 6.45) is 0. The van der Waals surface area contributed by atoms with E-state index >= 15 is 0 Å². The number of rotatable bonds is 5. The van der Waals surface area contributed by atoms with Crippen LogP contribution in [0.25, 0.3) is 0 Å². The van der Waals surface area contributed by atoms with Gasteiger partial charge in [-0.15, -0.1) is 11.8 Å². The number of carbonyl (C=O) groups is 1. The van der Waals surface area contributed by atoms with Crippen LogP contribution in [0.4, 0.5) is 11.4 Å². The van der Waals surface area contributed by atoms with Gasteiger partial charge in [-0.25, -0.2) is 0 Å². The molecule has 0 fully saturated rings. The van der Waals surface area contributed by atoms with E-state index in [9.17, 15) is 4.79 Å². The second-order valence-corrected chi connectivity index (χ2v) is 7.03. The molecular formula is C20H17ClN2OS. The molecule has 3 aromatic carbocycles. The number of benzene rings is 3. The molecule has 3 rings (SSSR count). The molecule has 0 aromatic heterocycles. The molecule has 0 aliphatic rings. The lowest BCUT2D eigenvalue weighted by molar-refractivity contribution is -0.115. The summed E-state index contributed by atoms with van der Waals surface area (Å²) in [5.74, 6) is -0.124. The Morgan fingerprint density at radius 1 is 0.920 bits per heavy atom. The van der Waals surface area contributed by atoms with E-state index in [2.05, 4.69) is 5.32 Å². The van der Waals surface area contributed by atoms with Crippen LogP contribution >= 0.6 is 23.4 Å². The zero-order valence-corrected chi connectivity index (χ0v) is 14.9. The lowest BCUT2D eigenvalue weighted by Crippen LogP contribution is -2.19. The average Bonchev–Trinajstić information content (AvgIpc) is 2.64. The van der Waals surface area contributed by atoms with E-state index in [-0.39, 0.29) is 5.91 Å². The van der Waals surface area contributed by atoms with E-state index in [4.69, 9.17) is 17.3 Å². The van der Waals surface area contributed by atoms with Crippen LogP contribution in [-0.4, -0.2) is 5.91 Å². The van der Waals surface area contributed by atoms with Gasteiger partial charge in [-0.3, -0.25) is 4.79 Å². The summed E-state index contributed by atoms with van der Waals surface area (Å²) in [6, 6.07) is 24.4. The van der Waals surface area contributed by atoms with Gasteiger partial charge in [-0.1, -0.05) is 54.1 Å². The molecule has 126 valence electrons. The minimum atomic E-state index is -0.402. The van der Waals surface area contributed by atoms with Crippen LogP contribution < -0.4 is 11.1 Å². The van der Waals surface area contributed by atoms with Crippen molar-refractivity contribution in [3.63, 3.8) is 0 Å². The second kappa shape index (κ2) is 8.10. The van der Waals surface area contributed by atoms with Crippen LogP contribution in [0, 0.1) is 0 Å². The molecule has 1 atom stereocenters. The van der Waals surface area contributed by atoms with Crippen molar-refractivity contribution in [1.29, 1.82) is 0 Å². The van der Waals surface area contributed by atoms with Crippen LogP contribution in [0.2, 0.25) is 5.02 Å². The third-order valence-electron chi connectivity index (χ3n) is 3.61. The number of amides is 1. The van der Waals surface area contributed by atoms with Crippen molar-refractivity contribution in [1.82, 2.24) is 0 Å². The number of halogens is 1. The summed E-state index contributed by atoms with van der Waals surface area (Å²) in [5, 5.41) is 3.04. The number of thioether (sulfide) groups is 1. The quantitative estimate of drug-likeness (QED) is 0.468. The molecule has 0 aliphatic heterocycles. The fourth-order valence-electron chi connectivity index (χ4n) is 2.34. The Morgan fingerprint density at radius 3 is 2.24 bits per heavy atom. The summed E-state index contributed by atoms with van der Waals surface area (Å²) >= 11 is 7.63. The van der Waals surface area contributed by atoms with Gasteiger partial charge in [0.2, 0.25) is 5.91 Å². The molecule has 0 bridgehead atoms. The molecular weight excluding hydrogens is 352 g/mol. The minimum Gasteiger partial charge on any atom is -0.399 e. The summed E-state index contributed by atoms with van der Waals surface area (Å²) in [6.45, 7) is 0. The molecule has 0 heterocycles. The predicted octanol–water partition coefficient (Wildman–Crippen LogP) is 5.39. The first-order chi connectivity index (χ1) is 12.1. The highest BCUT2D eigenvalue weighted by Gasteiger charge is 2.22. The maximum atomic E-state index is 12.9. The zero-order chi connectivity index (χ0) is 17.6. The standard InChI is InChI=1S/C20H17ClN2OS/c21-17-8-4-5-9-18(17)23-20(24)19(14-6-2-1-3-7-14)25-16-12-10-15(22)11-13-16/h1-13,19H,22H2,(H,23,24). The van der Waals surface area contributed by atoms with Gasteiger partial charge in [0.25, 0.3) is 0 Å². The molecule has 1 unspecified atom stereocenters. The van der Waals surface area contributed by atoms with Crippen LogP contribution in [0.5, 0.6) is 0 Å². The number of hydrogen-bond donors (Lipinski definition) is 2. The molecule has 3 nitrogen and oxygen atoms in total. The minimum absolute atomic E-state index is 0.124. The normalized spacial score (nSPS) is 11.7. The van der Waals surface area contributed by atoms with Gasteiger partial charge in [-0.05, 0) is 42.0 Å². The van der Waals surface area contributed by atoms with Gasteiger partial charge >= 0.3 is 0 Å². The topological polar surface area (TPSA) is 55.1 Å². The first-order valence-electron chi connectivity index (χ1n) is 7.76. The lowest BCUT2D eigenvalue weighted by atomic mass is 10.1. The van der Waals surface area contributed by atoms with E-state index in [0.717, 1.165) is 10.5 Å². The Bertz CT molecular complexity index is 853. The van der Waals surface area contributed by atoms with E-state index in [0.29, 0.717) is 16.4 Å². The Kier molecular flexibility index (Phi) is 5.64. The maximum absolute atomic E-state index is 12.9. The highest BCUT2D eigenvalue weighted by atomic mass is 35.5. The number of anilines is 2. The first-order valence-corrected chi connectivity index (χ1v) is 9.02. The van der Waals surface area contributed by atoms with Crippen molar-refractivity contribution in [3.05, 3.63) is 89.4 Å². The Labute approximate surface area is 156 Å². The number of para-hydroxylation sites is 1. The fourth-order valence-corrected chi connectivity index (χ4v) is 3.55. The van der Waals surface area contributed by atoms with Crippen LogP contribution in [-0.2, 0) is 4.79 Å². The lowest BCUT2D eigenvalue weighted by Gasteiger charge is -2.17. The van der Waals surface area contributed by atoms with E-state index in [1.165, 1.54) is 11.8 Å². The predicted molar refractivity (Wildman–Crippen MR) is 106 cm³/mol. The molecule has 3 N–H and O–H groups in total.